The Kier molecular flexibility index (Phi) is 1.98. The summed E-state index contributed by atoms with van der Waals surface area (Å²) in [5, 5.41) is 10.0. The first-order chi connectivity index (χ1) is 3.50. The van der Waals surface area contributed by atoms with Gasteiger partial charge in [0.05, 0.1) is 0 Å². The van der Waals surface area contributed by atoms with Crippen LogP contribution in [0, 0.1) is 0 Å². The Morgan fingerprint density at radius 1 is 1.50 bits per heavy atom. The number of carbonyl (C=O) groups excluding carboxylic acids is 1. The minimum absolute atomic E-state index is 1.15. The Morgan fingerprint density at radius 3 is 1.88 bits per heavy atom. The SMILES string of the molecule is COC(C)(C)C([O])=O. The molecule has 0 aromatic rings. The normalized spacial score (nSPS) is 11.4. The Bertz CT molecular complexity index is 95.8. The van der Waals surface area contributed by atoms with E-state index in [1.807, 2.05) is 0 Å². The highest BCUT2D eigenvalue weighted by Crippen LogP contribution is 2.05. The van der Waals surface area contributed by atoms with Gasteiger partial charge in [-0.25, -0.2) is 9.90 Å². The number of rotatable bonds is 2. The largest absolute Gasteiger partial charge is 0.386 e. The summed E-state index contributed by atoms with van der Waals surface area (Å²) in [6, 6.07) is 0. The molecule has 0 rings (SSSR count). The third-order valence-electron chi connectivity index (χ3n) is 1.00. The number of methoxy groups -OCH3 is 1. The van der Waals surface area contributed by atoms with Gasteiger partial charge in [0, 0.05) is 7.11 Å². The van der Waals surface area contributed by atoms with Gasteiger partial charge in [-0.2, -0.15) is 0 Å². The highest BCUT2D eigenvalue weighted by Gasteiger charge is 2.27. The van der Waals surface area contributed by atoms with Gasteiger partial charge >= 0.3 is 5.97 Å². The zero-order valence-corrected chi connectivity index (χ0v) is 5.22. The zero-order chi connectivity index (χ0) is 6.78. The lowest BCUT2D eigenvalue weighted by atomic mass is 10.1. The molecule has 3 heteroatoms. The molecule has 0 aromatic heterocycles. The van der Waals surface area contributed by atoms with E-state index in [1.54, 1.807) is 0 Å². The molecule has 0 saturated heterocycles. The molecule has 0 bridgehead atoms. The van der Waals surface area contributed by atoms with Crippen LogP contribution in [-0.4, -0.2) is 18.7 Å². The van der Waals surface area contributed by atoms with E-state index in [0.29, 0.717) is 0 Å². The molecule has 1 radical (unpaired) electrons. The minimum atomic E-state index is -1.19. The maximum atomic E-state index is 10.0. The van der Waals surface area contributed by atoms with Crippen molar-refractivity contribution in [3.05, 3.63) is 0 Å². The van der Waals surface area contributed by atoms with Crippen molar-refractivity contribution in [3.63, 3.8) is 0 Å². The van der Waals surface area contributed by atoms with Gasteiger partial charge in [0.15, 0.2) is 5.60 Å². The molecule has 0 amide bonds. The molecule has 0 aromatic carbocycles. The fourth-order valence-corrected chi connectivity index (χ4v) is 0.0833. The smallest absolute Gasteiger partial charge is 0.367 e. The Hall–Kier alpha value is -0.570. The summed E-state index contributed by atoms with van der Waals surface area (Å²) in [5.74, 6) is -1.19. The molecule has 0 aliphatic heterocycles. The van der Waals surface area contributed by atoms with Crippen LogP contribution in [-0.2, 0) is 14.6 Å². The summed E-state index contributed by atoms with van der Waals surface area (Å²) in [4.78, 5) is 10.0. The van der Waals surface area contributed by atoms with Crippen molar-refractivity contribution in [1.82, 2.24) is 0 Å². The molecule has 47 valence electrons. The first-order valence-electron chi connectivity index (χ1n) is 2.27. The molecule has 0 N–H and O–H groups in total. The summed E-state index contributed by atoms with van der Waals surface area (Å²) in [7, 11) is 1.33. The van der Waals surface area contributed by atoms with Gasteiger partial charge in [-0.1, -0.05) is 0 Å². The molecular weight excluding hydrogens is 108 g/mol. The topological polar surface area (TPSA) is 46.2 Å². The van der Waals surface area contributed by atoms with Gasteiger partial charge in [0.25, 0.3) is 0 Å². The molecule has 3 nitrogen and oxygen atoms in total. The van der Waals surface area contributed by atoms with Crippen LogP contribution < -0.4 is 0 Å². The zero-order valence-electron chi connectivity index (χ0n) is 5.22. The number of carbonyl (C=O) groups is 1. The van der Waals surface area contributed by atoms with E-state index in [2.05, 4.69) is 4.74 Å². The third kappa shape index (κ3) is 1.50. The second-order valence-corrected chi connectivity index (χ2v) is 2.00. The van der Waals surface area contributed by atoms with Gasteiger partial charge in [-0.05, 0) is 13.8 Å². The lowest BCUT2D eigenvalue weighted by molar-refractivity contribution is -0.164. The van der Waals surface area contributed by atoms with Gasteiger partial charge in [-0.3, -0.25) is 0 Å². The predicted octanol–water partition coefficient (Wildman–Crippen LogP) is 0.369. The first kappa shape index (κ1) is 7.43. The molecule has 0 aliphatic carbocycles. The monoisotopic (exact) mass is 117 g/mol. The van der Waals surface area contributed by atoms with E-state index in [9.17, 15) is 9.90 Å². The lowest BCUT2D eigenvalue weighted by Gasteiger charge is -2.13. The molecule has 0 spiro atoms. The standard InChI is InChI=1S/C5H9O3/c1-5(2,8-3)4(6)7/h1-3H3. The highest BCUT2D eigenvalue weighted by molar-refractivity contribution is 5.75. The number of hydrogen-bond donors (Lipinski definition) is 0. The Balaban J connectivity index is 3.91. The number of hydrogen-bond acceptors (Lipinski definition) is 2. The van der Waals surface area contributed by atoms with Crippen LogP contribution >= 0.6 is 0 Å². The minimum Gasteiger partial charge on any atom is -0.367 e. The maximum absolute atomic E-state index is 10.0. The van der Waals surface area contributed by atoms with Gasteiger partial charge < -0.3 is 4.74 Å². The van der Waals surface area contributed by atoms with Crippen LogP contribution in [0.4, 0.5) is 0 Å². The van der Waals surface area contributed by atoms with Crippen LogP contribution in [0.2, 0.25) is 0 Å². The molecule has 8 heavy (non-hydrogen) atoms. The summed E-state index contributed by atoms with van der Waals surface area (Å²) in [6.07, 6.45) is 0. The molecule has 0 aliphatic rings. The summed E-state index contributed by atoms with van der Waals surface area (Å²) >= 11 is 0. The van der Waals surface area contributed by atoms with Crippen molar-refractivity contribution in [2.24, 2.45) is 0 Å². The van der Waals surface area contributed by atoms with E-state index in [1.165, 1.54) is 21.0 Å². The van der Waals surface area contributed by atoms with Crippen molar-refractivity contribution in [2.75, 3.05) is 7.11 Å². The first-order valence-corrected chi connectivity index (χ1v) is 2.27. The fourth-order valence-electron chi connectivity index (χ4n) is 0.0833. The van der Waals surface area contributed by atoms with Gasteiger partial charge in [-0.15, -0.1) is 0 Å². The number of ether oxygens (including phenoxy) is 1. The van der Waals surface area contributed by atoms with Crippen molar-refractivity contribution in [2.45, 2.75) is 19.4 Å². The van der Waals surface area contributed by atoms with E-state index in [0.717, 1.165) is 0 Å². The average molecular weight is 117 g/mol. The third-order valence-corrected chi connectivity index (χ3v) is 1.00. The van der Waals surface area contributed by atoms with Crippen molar-refractivity contribution in [3.8, 4) is 0 Å². The molecule has 0 heterocycles. The lowest BCUT2D eigenvalue weighted by Crippen LogP contribution is -2.32. The van der Waals surface area contributed by atoms with Crippen LogP contribution in [0.25, 0.3) is 0 Å². The molecule has 0 atom stereocenters. The van der Waals surface area contributed by atoms with E-state index < -0.39 is 11.6 Å². The Labute approximate surface area is 48.3 Å². The van der Waals surface area contributed by atoms with Crippen molar-refractivity contribution >= 4 is 5.97 Å². The van der Waals surface area contributed by atoms with Crippen molar-refractivity contribution < 1.29 is 14.6 Å². The van der Waals surface area contributed by atoms with Gasteiger partial charge in [0.1, 0.15) is 0 Å². The van der Waals surface area contributed by atoms with Crippen LogP contribution in [0.1, 0.15) is 13.8 Å². The summed E-state index contributed by atoms with van der Waals surface area (Å²) in [5.41, 5.74) is -1.15. The van der Waals surface area contributed by atoms with Crippen LogP contribution in [0.15, 0.2) is 0 Å². The fraction of sp³-hybridized carbons (Fsp3) is 0.800. The molecule has 0 saturated carbocycles. The van der Waals surface area contributed by atoms with Gasteiger partial charge in [0.2, 0.25) is 0 Å². The maximum Gasteiger partial charge on any atom is 0.386 e. The molecule has 0 unspecified atom stereocenters. The van der Waals surface area contributed by atoms with Crippen molar-refractivity contribution in [1.29, 1.82) is 0 Å². The predicted molar refractivity (Wildman–Crippen MR) is 26.8 cm³/mol. The second kappa shape index (κ2) is 2.13. The molecule has 0 fully saturated rings. The quantitative estimate of drug-likeness (QED) is 0.524. The highest BCUT2D eigenvalue weighted by atomic mass is 16.5. The van der Waals surface area contributed by atoms with Crippen LogP contribution in [0.3, 0.4) is 0 Å². The van der Waals surface area contributed by atoms with Crippen LogP contribution in [0.5, 0.6) is 0 Å². The average Bonchev–Trinajstić information content (AvgIpc) is 1.67. The van der Waals surface area contributed by atoms with E-state index in [4.69, 9.17) is 0 Å². The Morgan fingerprint density at radius 2 is 1.88 bits per heavy atom. The second-order valence-electron chi connectivity index (χ2n) is 2.00. The van der Waals surface area contributed by atoms with E-state index in [-0.39, 0.29) is 0 Å². The molecular formula is C5H9O3. The van der Waals surface area contributed by atoms with E-state index >= 15 is 0 Å². The summed E-state index contributed by atoms with van der Waals surface area (Å²) in [6.45, 7) is 2.87. The summed E-state index contributed by atoms with van der Waals surface area (Å²) < 4.78 is 4.54.